The lowest BCUT2D eigenvalue weighted by atomic mass is 10.2. The normalized spacial score (nSPS) is 11.4. The third-order valence-corrected chi connectivity index (χ3v) is 5.07. The van der Waals surface area contributed by atoms with E-state index in [-0.39, 0.29) is 0 Å². The lowest BCUT2D eigenvalue weighted by Gasteiger charge is -2.06. The van der Waals surface area contributed by atoms with Crippen LogP contribution in [0.4, 0.5) is 0 Å². The molecule has 0 spiro atoms. The predicted octanol–water partition coefficient (Wildman–Crippen LogP) is 5.28. The van der Waals surface area contributed by atoms with Crippen LogP contribution in [0.2, 0.25) is 5.02 Å². The molecule has 0 bridgehead atoms. The van der Waals surface area contributed by atoms with Crippen LogP contribution in [0.1, 0.15) is 17.1 Å². The van der Waals surface area contributed by atoms with Crippen molar-refractivity contribution in [1.82, 2.24) is 14.9 Å². The van der Waals surface area contributed by atoms with E-state index in [0.717, 1.165) is 11.3 Å². The zero-order valence-electron chi connectivity index (χ0n) is 15.7. The molecule has 0 unspecified atom stereocenters. The molecule has 3 aromatic heterocycles. The van der Waals surface area contributed by atoms with Gasteiger partial charge in [0.15, 0.2) is 5.76 Å². The van der Waals surface area contributed by atoms with Crippen LogP contribution in [0, 0.1) is 6.92 Å². The van der Waals surface area contributed by atoms with Crippen LogP contribution < -0.4 is 4.74 Å². The second kappa shape index (κ2) is 8.59. The largest absolute Gasteiger partial charge is 0.486 e. The minimum absolute atomic E-state index is 0.301. The first kappa shape index (κ1) is 19.4. The maximum Gasteiger partial charge on any atom is 0.221 e. The summed E-state index contributed by atoms with van der Waals surface area (Å²) in [7, 11) is 0. The summed E-state index contributed by atoms with van der Waals surface area (Å²) in [5, 5.41) is 14.1. The molecule has 0 aliphatic rings. The Morgan fingerprint density at radius 1 is 1.24 bits per heavy atom. The number of ether oxygens (including phenoxy) is 1. The molecule has 0 amide bonds. The Hall–Kier alpha value is -2.97. The zero-order chi connectivity index (χ0) is 20.2. The van der Waals surface area contributed by atoms with Crippen LogP contribution in [-0.4, -0.2) is 27.3 Å². The minimum Gasteiger partial charge on any atom is -0.486 e. The Balaban J connectivity index is 1.47. The molecule has 0 atom stereocenters. The van der Waals surface area contributed by atoms with Gasteiger partial charge >= 0.3 is 0 Å². The van der Waals surface area contributed by atoms with Crippen molar-refractivity contribution in [3.05, 3.63) is 70.8 Å². The highest BCUT2D eigenvalue weighted by molar-refractivity contribution is 7.98. The highest BCUT2D eigenvalue weighted by Crippen LogP contribution is 2.24. The second-order valence-electron chi connectivity index (χ2n) is 6.05. The number of benzene rings is 1. The molecule has 9 heteroatoms. The van der Waals surface area contributed by atoms with Crippen LogP contribution in [0.5, 0.6) is 5.75 Å². The SMILES string of the molecule is CSc1nnc(-c2ccco2)n1N=Cc1ccc(COc2ccc(Cl)c(C)c2)o1. The number of aryl methyl sites for hydroxylation is 1. The first-order chi connectivity index (χ1) is 14.1. The predicted molar refractivity (Wildman–Crippen MR) is 112 cm³/mol. The van der Waals surface area contributed by atoms with Crippen molar-refractivity contribution in [2.45, 2.75) is 18.7 Å². The van der Waals surface area contributed by atoms with Gasteiger partial charge in [0.05, 0.1) is 12.5 Å². The van der Waals surface area contributed by atoms with E-state index in [4.69, 9.17) is 25.2 Å². The van der Waals surface area contributed by atoms with Gasteiger partial charge in [0.1, 0.15) is 23.9 Å². The summed E-state index contributed by atoms with van der Waals surface area (Å²) in [5.41, 5.74) is 0.960. The Labute approximate surface area is 176 Å². The summed E-state index contributed by atoms with van der Waals surface area (Å²) < 4.78 is 18.6. The maximum atomic E-state index is 6.04. The molecule has 0 aliphatic heterocycles. The summed E-state index contributed by atoms with van der Waals surface area (Å²) in [6.07, 6.45) is 5.09. The molecular weight excluding hydrogens is 412 g/mol. The number of hydrogen-bond acceptors (Lipinski definition) is 7. The van der Waals surface area contributed by atoms with Gasteiger partial charge in [-0.1, -0.05) is 23.4 Å². The van der Waals surface area contributed by atoms with E-state index in [0.29, 0.717) is 39.9 Å². The van der Waals surface area contributed by atoms with Crippen molar-refractivity contribution in [3.63, 3.8) is 0 Å². The van der Waals surface area contributed by atoms with Crippen molar-refractivity contribution in [3.8, 4) is 17.3 Å². The second-order valence-corrected chi connectivity index (χ2v) is 7.23. The maximum absolute atomic E-state index is 6.04. The van der Waals surface area contributed by atoms with Crippen LogP contribution >= 0.6 is 23.4 Å². The van der Waals surface area contributed by atoms with Gasteiger partial charge in [-0.2, -0.15) is 9.78 Å². The number of furan rings is 2. The van der Waals surface area contributed by atoms with E-state index in [1.54, 1.807) is 29.3 Å². The van der Waals surface area contributed by atoms with E-state index in [2.05, 4.69) is 15.3 Å². The van der Waals surface area contributed by atoms with Crippen molar-refractivity contribution >= 4 is 29.6 Å². The molecular formula is C20H17ClN4O3S. The van der Waals surface area contributed by atoms with Crippen LogP contribution in [-0.2, 0) is 6.61 Å². The fourth-order valence-corrected chi connectivity index (χ4v) is 3.12. The van der Waals surface area contributed by atoms with E-state index >= 15 is 0 Å². The van der Waals surface area contributed by atoms with Gasteiger partial charge in [0.2, 0.25) is 11.0 Å². The van der Waals surface area contributed by atoms with Crippen molar-refractivity contribution in [2.24, 2.45) is 5.10 Å². The van der Waals surface area contributed by atoms with Gasteiger partial charge in [-0.15, -0.1) is 10.2 Å². The van der Waals surface area contributed by atoms with Gasteiger partial charge in [0.25, 0.3) is 0 Å². The smallest absolute Gasteiger partial charge is 0.221 e. The number of halogens is 1. The average Bonchev–Trinajstić information content (AvgIpc) is 3.47. The Morgan fingerprint density at radius 2 is 2.14 bits per heavy atom. The van der Waals surface area contributed by atoms with Gasteiger partial charge in [-0.3, -0.25) is 0 Å². The first-order valence-corrected chi connectivity index (χ1v) is 10.3. The molecule has 0 N–H and O–H groups in total. The Kier molecular flexibility index (Phi) is 5.73. The molecule has 1 aromatic carbocycles. The van der Waals surface area contributed by atoms with Gasteiger partial charge < -0.3 is 13.6 Å². The molecule has 0 saturated heterocycles. The number of aromatic nitrogens is 3. The van der Waals surface area contributed by atoms with Crippen molar-refractivity contribution in [2.75, 3.05) is 6.26 Å². The molecule has 148 valence electrons. The van der Waals surface area contributed by atoms with Gasteiger partial charge in [0, 0.05) is 5.02 Å². The first-order valence-electron chi connectivity index (χ1n) is 8.69. The summed E-state index contributed by atoms with van der Waals surface area (Å²) in [4.78, 5) is 0. The highest BCUT2D eigenvalue weighted by atomic mass is 35.5. The minimum atomic E-state index is 0.301. The molecule has 29 heavy (non-hydrogen) atoms. The average molecular weight is 429 g/mol. The molecule has 4 aromatic rings. The third-order valence-electron chi connectivity index (χ3n) is 4.03. The lowest BCUT2D eigenvalue weighted by molar-refractivity contribution is 0.269. The van der Waals surface area contributed by atoms with E-state index < -0.39 is 0 Å². The van der Waals surface area contributed by atoms with E-state index in [1.165, 1.54) is 11.8 Å². The quantitative estimate of drug-likeness (QED) is 0.294. The van der Waals surface area contributed by atoms with Crippen LogP contribution in [0.25, 0.3) is 11.6 Å². The third kappa shape index (κ3) is 4.38. The number of nitrogens with zero attached hydrogens (tertiary/aromatic N) is 4. The monoisotopic (exact) mass is 428 g/mol. The van der Waals surface area contributed by atoms with Crippen LogP contribution in [0.3, 0.4) is 0 Å². The fraction of sp³-hybridized carbons (Fsp3) is 0.150. The van der Waals surface area contributed by atoms with Gasteiger partial charge in [-0.25, -0.2) is 0 Å². The molecule has 0 radical (unpaired) electrons. The summed E-state index contributed by atoms with van der Waals surface area (Å²) in [5.74, 6) is 3.10. The molecule has 3 heterocycles. The van der Waals surface area contributed by atoms with Crippen molar-refractivity contribution in [1.29, 1.82) is 0 Å². The molecule has 0 aliphatic carbocycles. The summed E-state index contributed by atoms with van der Waals surface area (Å²) >= 11 is 7.47. The molecule has 4 rings (SSSR count). The van der Waals surface area contributed by atoms with E-state index in [9.17, 15) is 0 Å². The standard InChI is InChI=1S/C20H17ClN4O3S/c1-13-10-14(7-8-17(13)21)27-12-16-6-5-15(28-16)11-22-25-19(18-4-3-9-26-18)23-24-20(25)29-2/h3-11H,12H2,1-2H3. The van der Waals surface area contributed by atoms with Gasteiger partial charge in [-0.05, 0) is 61.2 Å². The Morgan fingerprint density at radius 3 is 2.90 bits per heavy atom. The molecule has 7 nitrogen and oxygen atoms in total. The summed E-state index contributed by atoms with van der Waals surface area (Å²) in [6, 6.07) is 12.8. The number of hydrogen-bond donors (Lipinski definition) is 0. The van der Waals surface area contributed by atoms with Crippen molar-refractivity contribution < 1.29 is 13.6 Å². The molecule has 0 saturated carbocycles. The molecule has 0 fully saturated rings. The lowest BCUT2D eigenvalue weighted by Crippen LogP contribution is -1.96. The summed E-state index contributed by atoms with van der Waals surface area (Å²) in [6.45, 7) is 2.23. The number of rotatable bonds is 7. The fourth-order valence-electron chi connectivity index (χ4n) is 2.57. The zero-order valence-corrected chi connectivity index (χ0v) is 17.3. The highest BCUT2D eigenvalue weighted by Gasteiger charge is 2.15. The Bertz CT molecular complexity index is 1130. The van der Waals surface area contributed by atoms with E-state index in [1.807, 2.05) is 43.5 Å². The topological polar surface area (TPSA) is 78.6 Å². The van der Waals surface area contributed by atoms with Crippen LogP contribution in [0.15, 0.2) is 67.8 Å². The number of thioether (sulfide) groups is 1.